The summed E-state index contributed by atoms with van der Waals surface area (Å²) in [5.41, 5.74) is 0.667. The highest BCUT2D eigenvalue weighted by atomic mass is 32.2. The average molecular weight is 276 g/mol. The van der Waals surface area contributed by atoms with Gasteiger partial charge in [0.2, 0.25) is 0 Å². The Labute approximate surface area is 114 Å². The van der Waals surface area contributed by atoms with E-state index in [1.807, 2.05) is 6.07 Å². The van der Waals surface area contributed by atoms with Gasteiger partial charge in [0.1, 0.15) is 0 Å². The van der Waals surface area contributed by atoms with Crippen molar-refractivity contribution >= 4 is 34.5 Å². The van der Waals surface area contributed by atoms with Crippen molar-refractivity contribution in [2.75, 3.05) is 11.4 Å². The molecule has 0 radical (unpaired) electrons. The summed E-state index contributed by atoms with van der Waals surface area (Å²) in [6, 6.07) is 8.96. The number of carbonyl (C=O) groups excluding carboxylic acids is 3. The molecule has 0 bridgehead atoms. The number of hydrogen-bond donors (Lipinski definition) is 1. The van der Waals surface area contributed by atoms with Gasteiger partial charge >= 0.3 is 0 Å². The number of rotatable bonds is 4. The summed E-state index contributed by atoms with van der Waals surface area (Å²) >= 11 is 0.706. The normalized spacial score (nSPS) is 18.0. The van der Waals surface area contributed by atoms with Crippen LogP contribution in [0.25, 0.3) is 0 Å². The number of imide groups is 1. The third kappa shape index (κ3) is 2.85. The van der Waals surface area contributed by atoms with Gasteiger partial charge in [-0.1, -0.05) is 24.3 Å². The van der Waals surface area contributed by atoms with Crippen molar-refractivity contribution in [3.05, 3.63) is 43.0 Å². The maximum absolute atomic E-state index is 12.3. The third-order valence-electron chi connectivity index (χ3n) is 2.56. The molecule has 1 saturated heterocycles. The Kier molecular flexibility index (Phi) is 4.01. The quantitative estimate of drug-likeness (QED) is 0.669. The van der Waals surface area contributed by atoms with Gasteiger partial charge in [-0.15, -0.1) is 6.58 Å². The Hall–Kier alpha value is -2.08. The SMILES string of the molecule is C=CCN(C(=O)C1SC(=O)NC1=O)c1ccccc1. The van der Waals surface area contributed by atoms with E-state index in [-0.39, 0.29) is 6.54 Å². The molecule has 1 aromatic carbocycles. The zero-order chi connectivity index (χ0) is 13.8. The standard InChI is InChI=1S/C13H12N2O3S/c1-2-8-15(9-6-4-3-5-7-9)12(17)10-11(16)14-13(18)19-10/h2-7,10H,1,8H2,(H,14,16,18). The molecule has 1 unspecified atom stereocenters. The Morgan fingerprint density at radius 3 is 2.58 bits per heavy atom. The van der Waals surface area contributed by atoms with E-state index in [1.54, 1.807) is 30.3 Å². The topological polar surface area (TPSA) is 66.5 Å². The van der Waals surface area contributed by atoms with E-state index in [1.165, 1.54) is 4.90 Å². The molecule has 5 nitrogen and oxygen atoms in total. The minimum absolute atomic E-state index is 0.279. The highest BCUT2D eigenvalue weighted by molar-refractivity contribution is 8.16. The molecule has 1 aliphatic rings. The summed E-state index contributed by atoms with van der Waals surface area (Å²) in [5, 5.41) is 0.597. The number of benzene rings is 1. The maximum atomic E-state index is 12.3. The Balaban J connectivity index is 2.25. The molecule has 98 valence electrons. The molecule has 6 heteroatoms. The maximum Gasteiger partial charge on any atom is 0.286 e. The van der Waals surface area contributed by atoms with E-state index in [2.05, 4.69) is 11.9 Å². The van der Waals surface area contributed by atoms with Crippen molar-refractivity contribution in [3.8, 4) is 0 Å². The molecule has 0 aromatic heterocycles. The zero-order valence-electron chi connectivity index (χ0n) is 10.0. The molecule has 19 heavy (non-hydrogen) atoms. The highest BCUT2D eigenvalue weighted by Gasteiger charge is 2.39. The number of thioether (sulfide) groups is 1. The van der Waals surface area contributed by atoms with Crippen molar-refractivity contribution in [3.63, 3.8) is 0 Å². The Morgan fingerprint density at radius 2 is 2.05 bits per heavy atom. The predicted molar refractivity (Wildman–Crippen MR) is 73.9 cm³/mol. The van der Waals surface area contributed by atoms with Crippen LogP contribution in [0.4, 0.5) is 10.5 Å². The summed E-state index contributed by atoms with van der Waals surface area (Å²) in [4.78, 5) is 36.4. The lowest BCUT2D eigenvalue weighted by molar-refractivity contribution is -0.126. The van der Waals surface area contributed by atoms with Gasteiger partial charge in [0.15, 0.2) is 5.25 Å². The number of amides is 3. The van der Waals surface area contributed by atoms with Crippen molar-refractivity contribution in [2.45, 2.75) is 5.25 Å². The smallest absolute Gasteiger partial charge is 0.286 e. The molecule has 1 atom stereocenters. The second kappa shape index (κ2) is 5.71. The second-order valence-corrected chi connectivity index (χ2v) is 4.93. The largest absolute Gasteiger partial charge is 0.307 e. The van der Waals surface area contributed by atoms with Crippen LogP contribution in [0.1, 0.15) is 0 Å². The van der Waals surface area contributed by atoms with Gasteiger partial charge in [-0.2, -0.15) is 0 Å². The number of nitrogens with zero attached hydrogens (tertiary/aromatic N) is 1. The molecule has 1 aromatic rings. The van der Waals surface area contributed by atoms with Gasteiger partial charge in [0.25, 0.3) is 17.1 Å². The van der Waals surface area contributed by atoms with Gasteiger partial charge in [-0.3, -0.25) is 19.7 Å². The Bertz CT molecular complexity index is 530. The summed E-state index contributed by atoms with van der Waals surface area (Å²) in [6.07, 6.45) is 1.57. The molecular formula is C13H12N2O3S. The first-order valence-electron chi connectivity index (χ1n) is 5.62. The lowest BCUT2D eigenvalue weighted by atomic mass is 10.2. The van der Waals surface area contributed by atoms with Crippen molar-refractivity contribution in [1.29, 1.82) is 0 Å². The van der Waals surface area contributed by atoms with Crippen LogP contribution in [0.5, 0.6) is 0 Å². The van der Waals surface area contributed by atoms with E-state index >= 15 is 0 Å². The fourth-order valence-corrected chi connectivity index (χ4v) is 2.49. The van der Waals surface area contributed by atoms with Crippen LogP contribution < -0.4 is 10.2 Å². The molecular weight excluding hydrogens is 264 g/mol. The molecule has 1 fully saturated rings. The molecule has 0 saturated carbocycles. The van der Waals surface area contributed by atoms with Crippen LogP contribution >= 0.6 is 11.8 Å². The van der Waals surface area contributed by atoms with Crippen LogP contribution in [0.2, 0.25) is 0 Å². The molecule has 0 spiro atoms. The first-order valence-corrected chi connectivity index (χ1v) is 6.50. The average Bonchev–Trinajstić information content (AvgIpc) is 2.75. The lowest BCUT2D eigenvalue weighted by Gasteiger charge is -2.22. The number of para-hydroxylation sites is 1. The Morgan fingerprint density at radius 1 is 1.37 bits per heavy atom. The summed E-state index contributed by atoms with van der Waals surface area (Å²) < 4.78 is 0. The number of carbonyl (C=O) groups is 3. The zero-order valence-corrected chi connectivity index (χ0v) is 10.9. The van der Waals surface area contributed by atoms with Gasteiger partial charge in [0, 0.05) is 12.2 Å². The molecule has 2 rings (SSSR count). The van der Waals surface area contributed by atoms with E-state index in [9.17, 15) is 14.4 Å². The second-order valence-electron chi connectivity index (χ2n) is 3.85. The van der Waals surface area contributed by atoms with Crippen molar-refractivity contribution in [1.82, 2.24) is 5.32 Å². The van der Waals surface area contributed by atoms with E-state index in [0.29, 0.717) is 17.4 Å². The number of nitrogens with one attached hydrogen (secondary N) is 1. The minimum atomic E-state index is -1.02. The van der Waals surface area contributed by atoms with Crippen LogP contribution in [-0.4, -0.2) is 28.8 Å². The first-order chi connectivity index (χ1) is 9.13. The van der Waals surface area contributed by atoms with Crippen LogP contribution in [-0.2, 0) is 9.59 Å². The summed E-state index contributed by atoms with van der Waals surface area (Å²) in [5.74, 6) is -0.982. The molecule has 1 aliphatic heterocycles. The number of anilines is 1. The minimum Gasteiger partial charge on any atom is -0.307 e. The molecule has 1 heterocycles. The lowest BCUT2D eigenvalue weighted by Crippen LogP contribution is -2.42. The predicted octanol–water partition coefficient (Wildman–Crippen LogP) is 1.56. The van der Waals surface area contributed by atoms with Gasteiger partial charge in [0.05, 0.1) is 0 Å². The van der Waals surface area contributed by atoms with E-state index in [4.69, 9.17) is 0 Å². The highest BCUT2D eigenvalue weighted by Crippen LogP contribution is 2.24. The monoisotopic (exact) mass is 276 g/mol. The molecule has 1 N–H and O–H groups in total. The van der Waals surface area contributed by atoms with E-state index in [0.717, 1.165) is 0 Å². The van der Waals surface area contributed by atoms with Crippen molar-refractivity contribution < 1.29 is 14.4 Å². The third-order valence-corrected chi connectivity index (χ3v) is 3.53. The van der Waals surface area contributed by atoms with Gasteiger partial charge in [-0.25, -0.2) is 0 Å². The summed E-state index contributed by atoms with van der Waals surface area (Å²) in [7, 11) is 0. The van der Waals surface area contributed by atoms with Crippen LogP contribution in [0.3, 0.4) is 0 Å². The number of hydrogen-bond acceptors (Lipinski definition) is 4. The molecule has 0 aliphatic carbocycles. The van der Waals surface area contributed by atoms with E-state index < -0.39 is 22.3 Å². The summed E-state index contributed by atoms with van der Waals surface area (Å²) in [6.45, 7) is 3.88. The van der Waals surface area contributed by atoms with Crippen LogP contribution in [0, 0.1) is 0 Å². The van der Waals surface area contributed by atoms with Crippen molar-refractivity contribution in [2.24, 2.45) is 0 Å². The van der Waals surface area contributed by atoms with Crippen LogP contribution in [0.15, 0.2) is 43.0 Å². The molecule has 3 amide bonds. The fourth-order valence-electron chi connectivity index (χ4n) is 1.72. The first kappa shape index (κ1) is 13.4. The van der Waals surface area contributed by atoms with Gasteiger partial charge < -0.3 is 4.90 Å². The van der Waals surface area contributed by atoms with Gasteiger partial charge in [-0.05, 0) is 23.9 Å². The fraction of sp³-hybridized carbons (Fsp3) is 0.154.